The van der Waals surface area contributed by atoms with E-state index in [1.165, 1.54) is 0 Å². The van der Waals surface area contributed by atoms with Gasteiger partial charge in [-0.25, -0.2) is 0 Å². The van der Waals surface area contributed by atoms with Gasteiger partial charge in [0.2, 0.25) is 0 Å². The van der Waals surface area contributed by atoms with Crippen molar-refractivity contribution in [2.24, 2.45) is 0 Å². The number of hydrogen-bond donors (Lipinski definition) is 0. The second-order valence-corrected chi connectivity index (χ2v) is 0. The van der Waals surface area contributed by atoms with Crippen LogP contribution in [0.5, 0.6) is 0 Å². The molecule has 0 bridgehead atoms. The standard InChI is InChI=1S/2In.2H2O.2Sn.10H/h;;2*1H2;;;;;;;;;;;;. The molecule has 0 spiro atoms. The molecule has 0 aromatic carbocycles. The van der Waals surface area contributed by atoms with Crippen molar-refractivity contribution >= 4 is 99.5 Å². The topological polar surface area (TPSA) is 63.0 Å². The summed E-state index contributed by atoms with van der Waals surface area (Å²) in [6, 6.07) is 0. The van der Waals surface area contributed by atoms with Gasteiger partial charge in [-0.15, -0.1) is 0 Å². The summed E-state index contributed by atoms with van der Waals surface area (Å²) in [5.74, 6) is 0. The van der Waals surface area contributed by atoms with E-state index in [0.717, 1.165) is 0 Å². The van der Waals surface area contributed by atoms with Gasteiger partial charge in [0, 0.05) is 0 Å². The van der Waals surface area contributed by atoms with Crippen molar-refractivity contribution in [3.63, 3.8) is 0 Å². The van der Waals surface area contributed by atoms with Crippen LogP contribution in [0.15, 0.2) is 0 Å². The average molecular weight is 513 g/mol. The molecule has 6 heteroatoms. The Morgan fingerprint density at radius 3 is 0.500 bits per heavy atom. The minimum atomic E-state index is 0. The first-order valence-corrected chi connectivity index (χ1v) is 0. The van der Waals surface area contributed by atoms with Crippen LogP contribution in [0.1, 0.15) is 0 Å². The monoisotopic (exact) mass is 516 g/mol. The quantitative estimate of drug-likeness (QED) is 0.290. The molecule has 0 aromatic rings. The molecule has 2 nitrogen and oxygen atoms in total. The van der Waals surface area contributed by atoms with Gasteiger partial charge in [0.25, 0.3) is 0 Å². The van der Waals surface area contributed by atoms with Gasteiger partial charge in [0.15, 0.2) is 0 Å². The number of rotatable bonds is 0. The third-order valence-corrected chi connectivity index (χ3v) is 0. The van der Waals surface area contributed by atoms with Gasteiger partial charge in [-0.1, -0.05) is 0 Å². The van der Waals surface area contributed by atoms with E-state index in [1.807, 2.05) is 0 Å². The van der Waals surface area contributed by atoms with Crippen LogP contribution in [-0.4, -0.2) is 110 Å². The molecule has 6 heavy (non-hydrogen) atoms. The van der Waals surface area contributed by atoms with Crippen molar-refractivity contribution in [3.05, 3.63) is 0 Å². The molecule has 0 atom stereocenters. The zero-order valence-corrected chi connectivity index (χ0v) is 10.5. The first-order valence-electron chi connectivity index (χ1n) is 0. The molecule has 0 heterocycles. The first-order chi connectivity index (χ1) is 0. The summed E-state index contributed by atoms with van der Waals surface area (Å²) in [5.41, 5.74) is 0. The van der Waals surface area contributed by atoms with Gasteiger partial charge in [-0.2, -0.15) is 0 Å². The van der Waals surface area contributed by atoms with Gasteiger partial charge in [0.1, 0.15) is 0 Å². The van der Waals surface area contributed by atoms with Crippen LogP contribution in [0.4, 0.5) is 0 Å². The van der Waals surface area contributed by atoms with Crippen molar-refractivity contribution in [1.29, 1.82) is 0 Å². The molecule has 0 fully saturated rings. The van der Waals surface area contributed by atoms with E-state index in [4.69, 9.17) is 0 Å². The van der Waals surface area contributed by atoms with Crippen molar-refractivity contribution < 1.29 is 11.0 Å². The summed E-state index contributed by atoms with van der Waals surface area (Å²) in [6.45, 7) is 0. The van der Waals surface area contributed by atoms with E-state index in [9.17, 15) is 0 Å². The SMILES string of the molecule is O.O.[InH3].[InH3].[SnH2].[SnH2]. The fraction of sp³-hybridized carbons (Fsp3) is 0. The minimum absolute atomic E-state index is 0. The van der Waals surface area contributed by atoms with Gasteiger partial charge in [0.05, 0.1) is 0 Å². The van der Waals surface area contributed by atoms with Crippen molar-refractivity contribution in [2.45, 2.75) is 0 Å². The molecule has 0 aliphatic carbocycles. The number of hydrogen-bond acceptors (Lipinski definition) is 0. The van der Waals surface area contributed by atoms with E-state index in [0.29, 0.717) is 0 Å². The van der Waals surface area contributed by atoms with E-state index >= 15 is 0 Å². The predicted octanol–water partition coefficient (Wildman–Crippen LogP) is -5.85. The molecule has 0 aliphatic rings. The molecular formula is H14In2O2Sn2. The molecule has 4 N–H and O–H groups in total. The maximum atomic E-state index is 0. The van der Waals surface area contributed by atoms with Crippen LogP contribution < -0.4 is 0 Å². The molecule has 0 rings (SSSR count). The van der Waals surface area contributed by atoms with Gasteiger partial charge >= 0.3 is 99.5 Å². The fourth-order valence-corrected chi connectivity index (χ4v) is 0. The third kappa shape index (κ3) is 26.8. The zero-order valence-electron chi connectivity index (χ0n) is 2.41. The van der Waals surface area contributed by atoms with Crippen LogP contribution in [-0.2, 0) is 0 Å². The van der Waals surface area contributed by atoms with Crippen LogP contribution in [0.25, 0.3) is 0 Å². The summed E-state index contributed by atoms with van der Waals surface area (Å²) in [4.78, 5) is 0. The average Bonchev–Trinajstić information content (AvgIpc) is 0. The van der Waals surface area contributed by atoms with E-state index in [1.54, 1.807) is 0 Å². The van der Waals surface area contributed by atoms with E-state index in [-0.39, 0.29) is 110 Å². The molecule has 0 aromatic heterocycles. The zero-order chi connectivity index (χ0) is 0. The van der Waals surface area contributed by atoms with Crippen molar-refractivity contribution in [1.82, 2.24) is 0 Å². The molecule has 0 unspecified atom stereocenters. The van der Waals surface area contributed by atoms with Crippen LogP contribution in [0.2, 0.25) is 0 Å². The van der Waals surface area contributed by atoms with Crippen molar-refractivity contribution in [3.8, 4) is 0 Å². The Hall–Kier alpha value is 3.26. The molecule has 0 aliphatic heterocycles. The predicted molar refractivity (Wildman–Crippen MR) is 44.2 cm³/mol. The Bertz CT molecular complexity index is 9.51. The summed E-state index contributed by atoms with van der Waals surface area (Å²) in [6.07, 6.45) is 0. The Morgan fingerprint density at radius 2 is 0.500 bits per heavy atom. The fourth-order valence-electron chi connectivity index (χ4n) is 0. The molecule has 40 valence electrons. The van der Waals surface area contributed by atoms with Crippen LogP contribution in [0, 0.1) is 0 Å². The Labute approximate surface area is 108 Å². The second-order valence-electron chi connectivity index (χ2n) is 0. The van der Waals surface area contributed by atoms with Crippen LogP contribution >= 0.6 is 0 Å². The Balaban J connectivity index is 0. The summed E-state index contributed by atoms with van der Waals surface area (Å²) < 4.78 is 0. The molecule has 0 amide bonds. The molecular weight excluding hydrogens is 499 g/mol. The normalized spacial score (nSPS) is 0. The Morgan fingerprint density at radius 1 is 0.500 bits per heavy atom. The van der Waals surface area contributed by atoms with E-state index < -0.39 is 0 Å². The second kappa shape index (κ2) is 41.0. The van der Waals surface area contributed by atoms with Gasteiger partial charge in [-0.05, 0) is 0 Å². The summed E-state index contributed by atoms with van der Waals surface area (Å²) in [5, 5.41) is 0. The van der Waals surface area contributed by atoms with E-state index in [2.05, 4.69) is 0 Å². The third-order valence-electron chi connectivity index (χ3n) is 0. The maximum absolute atomic E-state index is 0. The Kier molecular flexibility index (Phi) is 406. The molecule has 0 saturated carbocycles. The molecule has 0 saturated heterocycles. The molecule has 4 radical (unpaired) electrons. The van der Waals surface area contributed by atoms with Gasteiger partial charge in [-0.3, -0.25) is 0 Å². The van der Waals surface area contributed by atoms with Crippen molar-refractivity contribution in [2.75, 3.05) is 0 Å². The summed E-state index contributed by atoms with van der Waals surface area (Å²) in [7, 11) is 0. The first kappa shape index (κ1) is 59.5. The summed E-state index contributed by atoms with van der Waals surface area (Å²) >= 11 is 0. The van der Waals surface area contributed by atoms with Gasteiger partial charge < -0.3 is 11.0 Å². The van der Waals surface area contributed by atoms with Crippen LogP contribution in [0.3, 0.4) is 0 Å².